The average molecular weight is 367 g/mol. The number of carbonyl (C=O) groups is 1. The predicted molar refractivity (Wildman–Crippen MR) is 101 cm³/mol. The van der Waals surface area contributed by atoms with Gasteiger partial charge in [-0.05, 0) is 55.4 Å². The number of nitrogens with zero attached hydrogens (tertiary/aromatic N) is 3. The van der Waals surface area contributed by atoms with E-state index < -0.39 is 0 Å². The molecular formula is C21H25N3O3. The molecule has 1 unspecified atom stereocenters. The lowest BCUT2D eigenvalue weighted by Gasteiger charge is -2.31. The van der Waals surface area contributed by atoms with Gasteiger partial charge in [-0.2, -0.15) is 4.98 Å². The maximum atomic E-state index is 12.6. The van der Waals surface area contributed by atoms with Crippen LogP contribution < -0.4 is 4.74 Å². The van der Waals surface area contributed by atoms with Crippen molar-refractivity contribution < 1.29 is 14.1 Å². The van der Waals surface area contributed by atoms with Crippen LogP contribution >= 0.6 is 0 Å². The zero-order valence-corrected chi connectivity index (χ0v) is 15.6. The molecular weight excluding hydrogens is 342 g/mol. The van der Waals surface area contributed by atoms with Crippen molar-refractivity contribution in [2.45, 2.75) is 38.0 Å². The van der Waals surface area contributed by atoms with E-state index in [2.05, 4.69) is 10.1 Å². The van der Waals surface area contributed by atoms with E-state index in [0.29, 0.717) is 17.7 Å². The first-order valence-corrected chi connectivity index (χ1v) is 9.65. The Kier molecular flexibility index (Phi) is 5.23. The number of methoxy groups -OCH3 is 1. The number of ether oxygens (including phenoxy) is 1. The molecule has 1 amide bonds. The molecule has 2 fully saturated rings. The van der Waals surface area contributed by atoms with Crippen LogP contribution in [0.1, 0.15) is 48.9 Å². The van der Waals surface area contributed by atoms with E-state index in [0.717, 1.165) is 49.5 Å². The number of piperidine rings is 1. The Hall–Kier alpha value is -2.63. The molecule has 2 heterocycles. The molecule has 1 aromatic carbocycles. The highest BCUT2D eigenvalue weighted by Gasteiger charge is 2.30. The minimum atomic E-state index is 0.0553. The Balaban J connectivity index is 1.32. The van der Waals surface area contributed by atoms with Gasteiger partial charge in [-0.1, -0.05) is 17.3 Å². The fourth-order valence-electron chi connectivity index (χ4n) is 3.53. The number of amides is 1. The predicted octanol–water partition coefficient (Wildman–Crippen LogP) is 3.45. The number of hydrogen-bond acceptors (Lipinski definition) is 5. The summed E-state index contributed by atoms with van der Waals surface area (Å²) in [4.78, 5) is 19.0. The third-order valence-electron chi connectivity index (χ3n) is 5.25. The summed E-state index contributed by atoms with van der Waals surface area (Å²) in [5.74, 6) is 3.32. The molecule has 1 aliphatic heterocycles. The monoisotopic (exact) mass is 367 g/mol. The van der Waals surface area contributed by atoms with Gasteiger partial charge in [-0.15, -0.1) is 0 Å². The molecule has 0 N–H and O–H groups in total. The molecule has 4 rings (SSSR count). The minimum Gasteiger partial charge on any atom is -0.497 e. The van der Waals surface area contributed by atoms with Crippen LogP contribution in [0.15, 0.2) is 34.9 Å². The maximum absolute atomic E-state index is 12.6. The van der Waals surface area contributed by atoms with E-state index in [1.54, 1.807) is 13.2 Å². The summed E-state index contributed by atoms with van der Waals surface area (Å²) in [6, 6.07) is 7.66. The van der Waals surface area contributed by atoms with E-state index in [1.165, 1.54) is 12.8 Å². The molecule has 1 aliphatic carbocycles. The van der Waals surface area contributed by atoms with E-state index in [9.17, 15) is 4.79 Å². The quantitative estimate of drug-likeness (QED) is 0.732. The van der Waals surface area contributed by atoms with Gasteiger partial charge in [-0.25, -0.2) is 0 Å². The van der Waals surface area contributed by atoms with Gasteiger partial charge in [0.2, 0.25) is 11.8 Å². The zero-order valence-electron chi connectivity index (χ0n) is 15.6. The van der Waals surface area contributed by atoms with Gasteiger partial charge in [0.1, 0.15) is 5.75 Å². The summed E-state index contributed by atoms with van der Waals surface area (Å²) in [5, 5.41) is 4.09. The Morgan fingerprint density at radius 3 is 2.85 bits per heavy atom. The van der Waals surface area contributed by atoms with Crippen molar-refractivity contribution in [2.75, 3.05) is 20.2 Å². The van der Waals surface area contributed by atoms with Crippen LogP contribution in [-0.4, -0.2) is 41.1 Å². The minimum absolute atomic E-state index is 0.0553. The highest BCUT2D eigenvalue weighted by molar-refractivity contribution is 5.91. The van der Waals surface area contributed by atoms with Gasteiger partial charge in [0.25, 0.3) is 0 Å². The smallest absolute Gasteiger partial charge is 0.246 e. The normalized spacial score (nSPS) is 20.2. The lowest BCUT2D eigenvalue weighted by molar-refractivity contribution is -0.127. The number of hydrogen-bond donors (Lipinski definition) is 0. The summed E-state index contributed by atoms with van der Waals surface area (Å²) >= 11 is 0. The molecule has 0 bridgehead atoms. The second-order valence-electron chi connectivity index (χ2n) is 7.42. The summed E-state index contributed by atoms with van der Waals surface area (Å²) < 4.78 is 10.6. The van der Waals surface area contributed by atoms with Crippen LogP contribution in [0.5, 0.6) is 5.75 Å². The Bertz CT molecular complexity index is 808. The van der Waals surface area contributed by atoms with Crippen LogP contribution in [0.3, 0.4) is 0 Å². The second-order valence-corrected chi connectivity index (χ2v) is 7.42. The molecule has 1 aromatic heterocycles. The maximum Gasteiger partial charge on any atom is 0.246 e. The Morgan fingerprint density at radius 1 is 1.30 bits per heavy atom. The van der Waals surface area contributed by atoms with Crippen LogP contribution in [0.4, 0.5) is 0 Å². The highest BCUT2D eigenvalue weighted by atomic mass is 16.5. The number of likely N-dealkylation sites (tertiary alicyclic amines) is 1. The van der Waals surface area contributed by atoms with Crippen LogP contribution in [0.25, 0.3) is 6.08 Å². The molecule has 2 aromatic rings. The first-order chi connectivity index (χ1) is 13.2. The summed E-state index contributed by atoms with van der Waals surface area (Å²) in [6.45, 7) is 1.55. The van der Waals surface area contributed by atoms with E-state index in [1.807, 2.05) is 35.2 Å². The van der Waals surface area contributed by atoms with Gasteiger partial charge >= 0.3 is 0 Å². The van der Waals surface area contributed by atoms with E-state index in [-0.39, 0.29) is 5.91 Å². The number of carbonyl (C=O) groups excluding carboxylic acids is 1. The SMILES string of the molecule is COc1ccc(C=CC(=O)N2CCCC(Cc3nc(C4CC4)no3)C2)cc1. The van der Waals surface area contributed by atoms with Crippen molar-refractivity contribution >= 4 is 12.0 Å². The standard InChI is InChI=1S/C21H25N3O3/c1-26-18-9-4-15(5-10-18)6-11-20(25)24-12-2-3-16(14-24)13-19-22-21(23-27-19)17-7-8-17/h4-6,9-11,16-17H,2-3,7-8,12-14H2,1H3. The molecule has 1 saturated carbocycles. The van der Waals surface area contributed by atoms with E-state index in [4.69, 9.17) is 9.26 Å². The number of benzene rings is 1. The van der Waals surface area contributed by atoms with Crippen molar-refractivity contribution in [1.82, 2.24) is 15.0 Å². The Morgan fingerprint density at radius 2 is 2.11 bits per heavy atom. The topological polar surface area (TPSA) is 68.5 Å². The fraction of sp³-hybridized carbons (Fsp3) is 0.476. The van der Waals surface area contributed by atoms with Gasteiger partial charge in [-0.3, -0.25) is 4.79 Å². The van der Waals surface area contributed by atoms with Crippen molar-refractivity contribution in [1.29, 1.82) is 0 Å². The fourth-order valence-corrected chi connectivity index (χ4v) is 3.53. The van der Waals surface area contributed by atoms with Crippen LogP contribution in [0, 0.1) is 5.92 Å². The van der Waals surface area contributed by atoms with Crippen molar-refractivity contribution in [3.05, 3.63) is 47.6 Å². The summed E-state index contributed by atoms with van der Waals surface area (Å²) in [5.41, 5.74) is 0.983. The van der Waals surface area contributed by atoms with Crippen molar-refractivity contribution in [2.24, 2.45) is 5.92 Å². The van der Waals surface area contributed by atoms with Crippen LogP contribution in [0.2, 0.25) is 0 Å². The van der Waals surface area contributed by atoms with Gasteiger partial charge < -0.3 is 14.2 Å². The third kappa shape index (κ3) is 4.56. The lowest BCUT2D eigenvalue weighted by atomic mass is 9.94. The van der Waals surface area contributed by atoms with Gasteiger partial charge in [0, 0.05) is 31.5 Å². The molecule has 1 saturated heterocycles. The van der Waals surface area contributed by atoms with Gasteiger partial charge in [0.05, 0.1) is 7.11 Å². The van der Waals surface area contributed by atoms with Crippen LogP contribution in [-0.2, 0) is 11.2 Å². The largest absolute Gasteiger partial charge is 0.497 e. The number of aromatic nitrogens is 2. The zero-order chi connectivity index (χ0) is 18.6. The molecule has 142 valence electrons. The van der Waals surface area contributed by atoms with Crippen molar-refractivity contribution in [3.63, 3.8) is 0 Å². The second kappa shape index (κ2) is 7.94. The Labute approximate surface area is 159 Å². The molecule has 6 nitrogen and oxygen atoms in total. The molecule has 2 aliphatic rings. The van der Waals surface area contributed by atoms with Gasteiger partial charge in [0.15, 0.2) is 5.82 Å². The van der Waals surface area contributed by atoms with Crippen molar-refractivity contribution in [3.8, 4) is 5.75 Å². The molecule has 6 heteroatoms. The highest BCUT2D eigenvalue weighted by Crippen LogP contribution is 2.38. The molecule has 0 spiro atoms. The first-order valence-electron chi connectivity index (χ1n) is 9.65. The molecule has 1 atom stereocenters. The molecule has 0 radical (unpaired) electrons. The summed E-state index contributed by atoms with van der Waals surface area (Å²) in [7, 11) is 1.64. The molecule has 27 heavy (non-hydrogen) atoms. The number of rotatable bonds is 6. The third-order valence-corrected chi connectivity index (χ3v) is 5.25. The first kappa shape index (κ1) is 17.8. The summed E-state index contributed by atoms with van der Waals surface area (Å²) in [6.07, 6.45) is 8.71. The van der Waals surface area contributed by atoms with E-state index >= 15 is 0 Å². The average Bonchev–Trinajstić information content (AvgIpc) is 3.46. The lowest BCUT2D eigenvalue weighted by Crippen LogP contribution is -2.39.